The molecule has 1 heterocycles. The molecule has 1 fully saturated rings. The molecular weight excluding hydrogens is 285 g/mol. The smallest absolute Gasteiger partial charge is 0.410 e. The summed E-state index contributed by atoms with van der Waals surface area (Å²) in [6.45, 7) is 6.40. The Labute approximate surface area is 130 Å². The zero-order valence-electron chi connectivity index (χ0n) is 13.3. The van der Waals surface area contributed by atoms with Crippen molar-refractivity contribution >= 4 is 6.09 Å². The molecule has 22 heavy (non-hydrogen) atoms. The Kier molecular flexibility index (Phi) is 3.75. The van der Waals surface area contributed by atoms with Crippen LogP contribution in [0.4, 0.5) is 9.18 Å². The minimum absolute atomic E-state index is 0.191. The van der Waals surface area contributed by atoms with Gasteiger partial charge in [0.05, 0.1) is 13.1 Å². The van der Waals surface area contributed by atoms with Crippen LogP contribution in [0.2, 0.25) is 0 Å². The fraction of sp³-hybridized carbons (Fsp3) is 0.588. The Bertz CT molecular complexity index is 590. The molecule has 0 atom stereocenters. The topological polar surface area (TPSA) is 38.8 Å². The Morgan fingerprint density at radius 3 is 2.73 bits per heavy atom. The molecule has 1 saturated carbocycles. The number of ether oxygens (including phenoxy) is 2. The van der Waals surface area contributed by atoms with Crippen LogP contribution in [-0.2, 0) is 11.3 Å². The zero-order chi connectivity index (χ0) is 15.9. The van der Waals surface area contributed by atoms with E-state index >= 15 is 0 Å². The fourth-order valence-corrected chi connectivity index (χ4v) is 2.67. The van der Waals surface area contributed by atoms with Gasteiger partial charge in [-0.2, -0.15) is 0 Å². The van der Waals surface area contributed by atoms with Crippen molar-refractivity contribution in [2.45, 2.75) is 51.7 Å². The first-order valence-electron chi connectivity index (χ1n) is 7.77. The van der Waals surface area contributed by atoms with Crippen LogP contribution in [0.25, 0.3) is 0 Å². The molecule has 1 aromatic carbocycles. The van der Waals surface area contributed by atoms with Crippen molar-refractivity contribution in [3.05, 3.63) is 29.1 Å². The molecule has 120 valence electrons. The second kappa shape index (κ2) is 5.45. The molecule has 1 amide bonds. The maximum atomic E-state index is 14.2. The van der Waals surface area contributed by atoms with E-state index in [9.17, 15) is 9.18 Å². The summed E-state index contributed by atoms with van der Waals surface area (Å²) in [4.78, 5) is 13.8. The van der Waals surface area contributed by atoms with Crippen LogP contribution in [0.3, 0.4) is 0 Å². The van der Waals surface area contributed by atoms with Crippen LogP contribution in [0.1, 0.15) is 50.7 Å². The Morgan fingerprint density at radius 2 is 2.09 bits per heavy atom. The van der Waals surface area contributed by atoms with Crippen molar-refractivity contribution in [3.8, 4) is 5.75 Å². The lowest BCUT2D eigenvalue weighted by atomic mass is 10.0. The second-order valence-electron chi connectivity index (χ2n) is 6.97. The van der Waals surface area contributed by atoms with E-state index in [1.165, 1.54) is 11.0 Å². The molecule has 3 rings (SSSR count). The molecule has 1 aromatic rings. The van der Waals surface area contributed by atoms with Gasteiger partial charge in [-0.3, -0.25) is 0 Å². The summed E-state index contributed by atoms with van der Waals surface area (Å²) < 4.78 is 25.4. The lowest BCUT2D eigenvalue weighted by Gasteiger charge is -2.26. The van der Waals surface area contributed by atoms with E-state index in [4.69, 9.17) is 9.47 Å². The molecule has 0 radical (unpaired) electrons. The average Bonchev–Trinajstić information content (AvgIpc) is 3.23. The summed E-state index contributed by atoms with van der Waals surface area (Å²) in [5.74, 6) is 0.783. The number of benzene rings is 1. The molecule has 0 N–H and O–H groups in total. The van der Waals surface area contributed by atoms with Crippen molar-refractivity contribution in [2.75, 3.05) is 13.2 Å². The fourth-order valence-electron chi connectivity index (χ4n) is 2.67. The number of fused-ring (bicyclic) bond motifs is 1. The molecule has 1 aliphatic carbocycles. The highest BCUT2D eigenvalue weighted by atomic mass is 19.1. The van der Waals surface area contributed by atoms with Crippen molar-refractivity contribution in [1.82, 2.24) is 4.90 Å². The van der Waals surface area contributed by atoms with E-state index in [-0.39, 0.29) is 12.4 Å². The van der Waals surface area contributed by atoms with E-state index in [1.807, 2.05) is 26.8 Å². The maximum absolute atomic E-state index is 14.2. The van der Waals surface area contributed by atoms with Crippen LogP contribution in [0, 0.1) is 5.82 Å². The summed E-state index contributed by atoms with van der Waals surface area (Å²) in [5, 5.41) is 0. The van der Waals surface area contributed by atoms with Gasteiger partial charge in [0.25, 0.3) is 0 Å². The van der Waals surface area contributed by atoms with Crippen molar-refractivity contribution < 1.29 is 18.7 Å². The average molecular weight is 307 g/mol. The molecule has 5 heteroatoms. The summed E-state index contributed by atoms with van der Waals surface area (Å²) in [6, 6.07) is 3.30. The molecule has 0 bridgehead atoms. The lowest BCUT2D eigenvalue weighted by Crippen LogP contribution is -2.37. The standard InChI is InChI=1S/C17H22FNO3/c1-17(2,3)22-16(20)19-8-9-21-15-12(11-4-5-11)6-7-14(18)13(15)10-19/h6-7,11H,4-5,8-10H2,1-3H3. The predicted molar refractivity (Wildman–Crippen MR) is 80.5 cm³/mol. The van der Waals surface area contributed by atoms with E-state index in [1.54, 1.807) is 0 Å². The Morgan fingerprint density at radius 1 is 1.36 bits per heavy atom. The monoisotopic (exact) mass is 307 g/mol. The van der Waals surface area contributed by atoms with Gasteiger partial charge in [-0.05, 0) is 51.2 Å². The van der Waals surface area contributed by atoms with E-state index in [0.29, 0.717) is 30.4 Å². The predicted octanol–water partition coefficient (Wildman–Crippen LogP) is 3.83. The number of amides is 1. The largest absolute Gasteiger partial charge is 0.491 e. The number of carbonyl (C=O) groups excluding carboxylic acids is 1. The number of hydrogen-bond acceptors (Lipinski definition) is 3. The molecule has 0 saturated heterocycles. The molecular formula is C17H22FNO3. The summed E-state index contributed by atoms with van der Waals surface area (Å²) in [5.41, 5.74) is 0.969. The van der Waals surface area contributed by atoms with E-state index in [0.717, 1.165) is 18.4 Å². The van der Waals surface area contributed by atoms with Gasteiger partial charge in [0.1, 0.15) is 23.8 Å². The first kappa shape index (κ1) is 15.1. The normalized spacial score (nSPS) is 18.3. The number of hydrogen-bond donors (Lipinski definition) is 0. The Hall–Kier alpha value is -1.78. The van der Waals surface area contributed by atoms with Gasteiger partial charge in [0.15, 0.2) is 0 Å². The van der Waals surface area contributed by atoms with E-state index < -0.39 is 11.7 Å². The molecule has 4 nitrogen and oxygen atoms in total. The molecule has 0 spiro atoms. The SMILES string of the molecule is CC(C)(C)OC(=O)N1CCOc2c(C3CC3)ccc(F)c2C1. The van der Waals surface area contributed by atoms with E-state index in [2.05, 4.69) is 0 Å². The van der Waals surface area contributed by atoms with Gasteiger partial charge >= 0.3 is 6.09 Å². The van der Waals surface area contributed by atoms with Gasteiger partial charge in [0.2, 0.25) is 0 Å². The van der Waals surface area contributed by atoms with Gasteiger partial charge in [-0.1, -0.05) is 6.07 Å². The minimum Gasteiger partial charge on any atom is -0.491 e. The number of halogens is 1. The molecule has 1 aliphatic heterocycles. The third kappa shape index (κ3) is 3.18. The molecule has 0 unspecified atom stereocenters. The highest BCUT2D eigenvalue weighted by Gasteiger charge is 2.32. The summed E-state index contributed by atoms with van der Waals surface area (Å²) in [6.07, 6.45) is 1.81. The van der Waals surface area contributed by atoms with Gasteiger partial charge in [-0.25, -0.2) is 9.18 Å². The van der Waals surface area contributed by atoms with Crippen LogP contribution in [-0.4, -0.2) is 29.7 Å². The quantitative estimate of drug-likeness (QED) is 0.791. The van der Waals surface area contributed by atoms with Crippen LogP contribution < -0.4 is 4.74 Å². The zero-order valence-corrected chi connectivity index (χ0v) is 13.3. The maximum Gasteiger partial charge on any atom is 0.410 e. The van der Waals surface area contributed by atoms with Crippen molar-refractivity contribution in [3.63, 3.8) is 0 Å². The third-order valence-corrected chi connectivity index (χ3v) is 3.86. The first-order valence-corrected chi connectivity index (χ1v) is 7.77. The summed E-state index contributed by atoms with van der Waals surface area (Å²) in [7, 11) is 0. The first-order chi connectivity index (χ1) is 10.3. The van der Waals surface area contributed by atoms with Crippen molar-refractivity contribution in [1.29, 1.82) is 0 Å². The number of rotatable bonds is 1. The second-order valence-corrected chi connectivity index (χ2v) is 6.97. The number of carbonyl (C=O) groups is 1. The van der Waals surface area contributed by atoms with Gasteiger partial charge in [-0.15, -0.1) is 0 Å². The highest BCUT2D eigenvalue weighted by Crippen LogP contribution is 2.46. The van der Waals surface area contributed by atoms with Crippen LogP contribution >= 0.6 is 0 Å². The van der Waals surface area contributed by atoms with Gasteiger partial charge < -0.3 is 14.4 Å². The summed E-state index contributed by atoms with van der Waals surface area (Å²) >= 11 is 0. The third-order valence-electron chi connectivity index (χ3n) is 3.86. The van der Waals surface area contributed by atoms with Crippen LogP contribution in [0.15, 0.2) is 12.1 Å². The molecule has 2 aliphatic rings. The Balaban J connectivity index is 1.86. The molecule has 0 aromatic heterocycles. The van der Waals surface area contributed by atoms with Crippen LogP contribution in [0.5, 0.6) is 5.75 Å². The number of nitrogens with zero attached hydrogens (tertiary/aromatic N) is 1. The minimum atomic E-state index is -0.568. The lowest BCUT2D eigenvalue weighted by molar-refractivity contribution is 0.0224. The highest BCUT2D eigenvalue weighted by molar-refractivity contribution is 5.68. The van der Waals surface area contributed by atoms with Crippen molar-refractivity contribution in [2.24, 2.45) is 0 Å². The van der Waals surface area contributed by atoms with Gasteiger partial charge in [0, 0.05) is 5.56 Å².